The normalized spacial score (nSPS) is 27.0. The van der Waals surface area contributed by atoms with Crippen molar-refractivity contribution < 1.29 is 14.3 Å². The Bertz CT molecular complexity index is 238. The van der Waals surface area contributed by atoms with Crippen LogP contribution in [0.5, 0.6) is 0 Å². The average molecular weight is 230 g/mol. The first-order valence-electron chi connectivity index (χ1n) is 5.71. The summed E-state index contributed by atoms with van der Waals surface area (Å²) in [5.41, 5.74) is -0.452. The van der Waals surface area contributed by atoms with E-state index in [0.717, 1.165) is 6.42 Å². The van der Waals surface area contributed by atoms with E-state index in [2.05, 4.69) is 10.6 Å². The molecule has 0 aromatic carbocycles. The van der Waals surface area contributed by atoms with Crippen molar-refractivity contribution in [2.75, 3.05) is 13.2 Å². The average Bonchev–Trinajstić information content (AvgIpc) is 2.27. The molecule has 16 heavy (non-hydrogen) atoms. The topological polar surface area (TPSA) is 59.6 Å². The van der Waals surface area contributed by atoms with E-state index in [0.29, 0.717) is 13.2 Å². The predicted octanol–water partition coefficient (Wildman–Crippen LogP) is 1.24. The van der Waals surface area contributed by atoms with Gasteiger partial charge in [-0.2, -0.15) is 0 Å². The summed E-state index contributed by atoms with van der Waals surface area (Å²) in [6, 6.07) is 0.0693. The summed E-state index contributed by atoms with van der Waals surface area (Å²) >= 11 is 0. The smallest absolute Gasteiger partial charge is 0.407 e. The van der Waals surface area contributed by atoms with E-state index in [9.17, 15) is 4.79 Å². The fourth-order valence-electron chi connectivity index (χ4n) is 1.45. The number of carbonyl (C=O) groups excluding carboxylic acids is 1. The highest BCUT2D eigenvalue weighted by Gasteiger charge is 2.21. The number of rotatable bonds is 1. The van der Waals surface area contributed by atoms with E-state index in [1.807, 2.05) is 27.7 Å². The van der Waals surface area contributed by atoms with Gasteiger partial charge < -0.3 is 14.8 Å². The molecule has 0 radical (unpaired) electrons. The quantitative estimate of drug-likeness (QED) is 0.711. The Morgan fingerprint density at radius 3 is 2.81 bits per heavy atom. The van der Waals surface area contributed by atoms with Gasteiger partial charge in [0, 0.05) is 12.6 Å². The van der Waals surface area contributed by atoms with Crippen LogP contribution in [0.4, 0.5) is 4.79 Å². The van der Waals surface area contributed by atoms with Crippen LogP contribution < -0.4 is 10.6 Å². The summed E-state index contributed by atoms with van der Waals surface area (Å²) in [6.45, 7) is 8.86. The van der Waals surface area contributed by atoms with E-state index in [1.165, 1.54) is 0 Å². The molecule has 2 N–H and O–H groups in total. The Morgan fingerprint density at radius 2 is 2.19 bits per heavy atom. The molecule has 1 heterocycles. The van der Waals surface area contributed by atoms with Crippen LogP contribution in [0.1, 0.15) is 34.1 Å². The van der Waals surface area contributed by atoms with Crippen molar-refractivity contribution in [2.45, 2.75) is 52.0 Å². The predicted molar refractivity (Wildman–Crippen MR) is 61.2 cm³/mol. The maximum Gasteiger partial charge on any atom is 0.407 e. The first-order chi connectivity index (χ1) is 7.37. The molecular weight excluding hydrogens is 208 g/mol. The van der Waals surface area contributed by atoms with Gasteiger partial charge in [-0.3, -0.25) is 5.32 Å². The highest BCUT2D eigenvalue weighted by atomic mass is 16.6. The van der Waals surface area contributed by atoms with Crippen LogP contribution in [0, 0.1) is 0 Å². The number of amides is 1. The number of hydrogen-bond acceptors (Lipinski definition) is 4. The maximum atomic E-state index is 11.5. The van der Waals surface area contributed by atoms with Gasteiger partial charge in [0.1, 0.15) is 11.8 Å². The van der Waals surface area contributed by atoms with Crippen LogP contribution in [0.2, 0.25) is 0 Å². The Morgan fingerprint density at radius 1 is 1.50 bits per heavy atom. The molecule has 1 amide bonds. The minimum atomic E-state index is -0.452. The molecule has 1 rings (SSSR count). The van der Waals surface area contributed by atoms with Gasteiger partial charge in [0.15, 0.2) is 0 Å². The van der Waals surface area contributed by atoms with Crippen LogP contribution in [0.3, 0.4) is 0 Å². The van der Waals surface area contributed by atoms with Gasteiger partial charge in [-0.05, 0) is 34.1 Å². The van der Waals surface area contributed by atoms with Crippen molar-refractivity contribution in [1.82, 2.24) is 10.6 Å². The minimum absolute atomic E-state index is 0.0467. The lowest BCUT2D eigenvalue weighted by molar-refractivity contribution is 0.0491. The molecule has 0 aromatic heterocycles. The fraction of sp³-hybridized carbons (Fsp3) is 0.909. The Kier molecular flexibility index (Phi) is 4.56. The minimum Gasteiger partial charge on any atom is -0.444 e. The lowest BCUT2D eigenvalue weighted by Gasteiger charge is -2.22. The van der Waals surface area contributed by atoms with Gasteiger partial charge in [-0.25, -0.2) is 4.79 Å². The highest BCUT2D eigenvalue weighted by molar-refractivity contribution is 5.68. The number of nitrogens with one attached hydrogen (secondary N) is 2. The molecule has 1 aliphatic heterocycles. The van der Waals surface area contributed by atoms with Crippen LogP contribution in [0.25, 0.3) is 0 Å². The standard InChI is InChI=1S/C11H22N2O3/c1-8-12-7-9(5-6-15-8)13-10(14)16-11(2,3)4/h8-9,12H,5-7H2,1-4H3,(H,13,14)/t8-,9-/m0/s1. The Labute approximate surface area is 96.9 Å². The number of hydrogen-bond donors (Lipinski definition) is 2. The molecule has 0 aromatic rings. The highest BCUT2D eigenvalue weighted by Crippen LogP contribution is 2.08. The molecule has 0 saturated carbocycles. The molecule has 0 aliphatic carbocycles. The Hall–Kier alpha value is -0.810. The monoisotopic (exact) mass is 230 g/mol. The van der Waals surface area contributed by atoms with Gasteiger partial charge >= 0.3 is 6.09 Å². The van der Waals surface area contributed by atoms with E-state index in [1.54, 1.807) is 0 Å². The summed E-state index contributed by atoms with van der Waals surface area (Å²) in [6.07, 6.45) is 0.482. The molecule has 1 fully saturated rings. The largest absolute Gasteiger partial charge is 0.444 e. The zero-order chi connectivity index (χ0) is 12.2. The van der Waals surface area contributed by atoms with E-state index in [-0.39, 0.29) is 18.4 Å². The first-order valence-corrected chi connectivity index (χ1v) is 5.71. The molecule has 1 saturated heterocycles. The van der Waals surface area contributed by atoms with E-state index in [4.69, 9.17) is 9.47 Å². The van der Waals surface area contributed by atoms with Crippen LogP contribution in [0.15, 0.2) is 0 Å². The zero-order valence-corrected chi connectivity index (χ0v) is 10.5. The lowest BCUT2D eigenvalue weighted by atomic mass is 10.2. The number of carbonyl (C=O) groups is 1. The summed E-state index contributed by atoms with van der Waals surface area (Å²) in [5.74, 6) is 0. The summed E-state index contributed by atoms with van der Waals surface area (Å²) in [4.78, 5) is 11.5. The number of alkyl carbamates (subject to hydrolysis) is 1. The number of ether oxygens (including phenoxy) is 2. The summed E-state index contributed by atoms with van der Waals surface area (Å²) in [5, 5.41) is 6.00. The van der Waals surface area contributed by atoms with Gasteiger partial charge in [-0.15, -0.1) is 0 Å². The lowest BCUT2D eigenvalue weighted by Crippen LogP contribution is -2.44. The van der Waals surface area contributed by atoms with Gasteiger partial charge in [0.2, 0.25) is 0 Å². The molecule has 2 atom stereocenters. The van der Waals surface area contributed by atoms with Crippen LogP contribution in [-0.2, 0) is 9.47 Å². The zero-order valence-electron chi connectivity index (χ0n) is 10.5. The third kappa shape index (κ3) is 5.32. The SMILES string of the molecule is C[C@H]1NC[C@@H](NC(=O)OC(C)(C)C)CCO1. The van der Waals surface area contributed by atoms with Crippen molar-refractivity contribution in [3.8, 4) is 0 Å². The molecule has 5 nitrogen and oxygen atoms in total. The fourth-order valence-corrected chi connectivity index (χ4v) is 1.45. The maximum absolute atomic E-state index is 11.5. The second kappa shape index (κ2) is 5.50. The van der Waals surface area contributed by atoms with Gasteiger partial charge in [-0.1, -0.05) is 0 Å². The summed E-state index contributed by atoms with van der Waals surface area (Å²) < 4.78 is 10.6. The van der Waals surface area contributed by atoms with Crippen LogP contribution >= 0.6 is 0 Å². The molecule has 0 bridgehead atoms. The van der Waals surface area contributed by atoms with E-state index < -0.39 is 5.60 Å². The molecule has 0 spiro atoms. The molecule has 5 heteroatoms. The molecule has 94 valence electrons. The third-order valence-electron chi connectivity index (χ3n) is 2.21. The van der Waals surface area contributed by atoms with Gasteiger partial charge in [0.05, 0.1) is 6.61 Å². The third-order valence-corrected chi connectivity index (χ3v) is 2.21. The van der Waals surface area contributed by atoms with Crippen molar-refractivity contribution in [3.63, 3.8) is 0 Å². The second-order valence-electron chi connectivity index (χ2n) is 5.05. The second-order valence-corrected chi connectivity index (χ2v) is 5.05. The molecular formula is C11H22N2O3. The van der Waals surface area contributed by atoms with Crippen molar-refractivity contribution in [1.29, 1.82) is 0 Å². The van der Waals surface area contributed by atoms with Crippen LogP contribution in [-0.4, -0.2) is 37.1 Å². The molecule has 0 unspecified atom stereocenters. The summed E-state index contributed by atoms with van der Waals surface area (Å²) in [7, 11) is 0. The van der Waals surface area contributed by atoms with Gasteiger partial charge in [0.25, 0.3) is 0 Å². The van der Waals surface area contributed by atoms with Crippen molar-refractivity contribution in [3.05, 3.63) is 0 Å². The first kappa shape index (κ1) is 13.3. The van der Waals surface area contributed by atoms with Crippen molar-refractivity contribution in [2.24, 2.45) is 0 Å². The van der Waals surface area contributed by atoms with Crippen molar-refractivity contribution >= 4 is 6.09 Å². The van der Waals surface area contributed by atoms with E-state index >= 15 is 0 Å². The Balaban J connectivity index is 2.33. The molecule has 1 aliphatic rings.